The molecule has 0 unspecified atom stereocenters. The van der Waals surface area contributed by atoms with E-state index in [2.05, 4.69) is 40.1 Å². The van der Waals surface area contributed by atoms with Gasteiger partial charge in [0, 0.05) is 10.0 Å². The standard InChI is InChI=1S/C12H13IO/c13-9-11-7-4-8-12(14-11)10-5-2-1-3-6-10/h1-2,5,11-12H,4,7-9H2/t11-,12+/m1/s1. The maximum Gasteiger partial charge on any atom is 0.0907 e. The maximum atomic E-state index is 5.96. The Hall–Kier alpha value is -0.270. The van der Waals surface area contributed by atoms with E-state index in [0.717, 1.165) is 16.4 Å². The number of halogens is 1. The van der Waals surface area contributed by atoms with Crippen molar-refractivity contribution in [3.8, 4) is 0 Å². The van der Waals surface area contributed by atoms with Crippen LogP contribution in [0.4, 0.5) is 0 Å². The zero-order valence-corrected chi connectivity index (χ0v) is 10.2. The second kappa shape index (κ2) is 4.99. The first-order chi connectivity index (χ1) is 6.90. The Bertz CT molecular complexity index is 330. The Balaban J connectivity index is 2.08. The molecule has 1 heterocycles. The van der Waals surface area contributed by atoms with Crippen LogP contribution in [0.25, 0.3) is 0 Å². The highest BCUT2D eigenvalue weighted by Crippen LogP contribution is 2.25. The van der Waals surface area contributed by atoms with Gasteiger partial charge in [0.2, 0.25) is 0 Å². The van der Waals surface area contributed by atoms with Crippen LogP contribution in [0.2, 0.25) is 0 Å². The van der Waals surface area contributed by atoms with E-state index in [4.69, 9.17) is 4.74 Å². The first kappa shape index (κ1) is 10.3. The fourth-order valence-electron chi connectivity index (χ4n) is 1.80. The van der Waals surface area contributed by atoms with Crippen LogP contribution in [0.3, 0.4) is 0 Å². The fourth-order valence-corrected chi connectivity index (χ4v) is 2.44. The summed E-state index contributed by atoms with van der Waals surface area (Å²) in [5, 5.41) is 0. The van der Waals surface area contributed by atoms with E-state index in [9.17, 15) is 0 Å². The third-order valence-electron chi connectivity index (χ3n) is 2.54. The van der Waals surface area contributed by atoms with Gasteiger partial charge in [-0.15, -0.1) is 0 Å². The molecule has 1 nitrogen and oxygen atoms in total. The van der Waals surface area contributed by atoms with E-state index in [1.54, 1.807) is 0 Å². The van der Waals surface area contributed by atoms with Crippen molar-refractivity contribution < 1.29 is 4.74 Å². The van der Waals surface area contributed by atoms with Crippen molar-refractivity contribution in [3.05, 3.63) is 35.3 Å². The second-order valence-electron chi connectivity index (χ2n) is 3.58. The zero-order chi connectivity index (χ0) is 9.80. The molecule has 1 saturated heterocycles. The summed E-state index contributed by atoms with van der Waals surface area (Å²) in [6, 6.07) is 0. The number of hydrogen-bond donors (Lipinski definition) is 0. The summed E-state index contributed by atoms with van der Waals surface area (Å²) in [6.07, 6.45) is 10.2. The predicted octanol–water partition coefficient (Wildman–Crippen LogP) is 3.17. The van der Waals surface area contributed by atoms with Crippen LogP contribution in [0.5, 0.6) is 0 Å². The van der Waals surface area contributed by atoms with Crippen LogP contribution >= 0.6 is 22.6 Å². The topological polar surface area (TPSA) is 9.23 Å². The molecule has 14 heavy (non-hydrogen) atoms. The number of allylic oxidation sites excluding steroid dienone is 2. The van der Waals surface area contributed by atoms with Crippen molar-refractivity contribution in [2.45, 2.75) is 31.5 Å². The molecule has 2 atom stereocenters. The number of alkyl halides is 1. The molecule has 0 aromatic rings. The molecule has 0 bridgehead atoms. The lowest BCUT2D eigenvalue weighted by Crippen LogP contribution is -2.29. The Morgan fingerprint density at radius 1 is 1.50 bits per heavy atom. The van der Waals surface area contributed by atoms with Crippen LogP contribution in [-0.2, 0) is 4.74 Å². The van der Waals surface area contributed by atoms with Gasteiger partial charge in [-0.25, -0.2) is 0 Å². The van der Waals surface area contributed by atoms with E-state index in [1.807, 2.05) is 12.2 Å². The van der Waals surface area contributed by atoms with Crippen molar-refractivity contribution in [3.63, 3.8) is 0 Å². The summed E-state index contributed by atoms with van der Waals surface area (Å²) < 4.78 is 7.05. The molecule has 1 aliphatic heterocycles. The van der Waals surface area contributed by atoms with E-state index in [1.165, 1.54) is 12.8 Å². The van der Waals surface area contributed by atoms with E-state index >= 15 is 0 Å². The van der Waals surface area contributed by atoms with Crippen LogP contribution < -0.4 is 0 Å². The normalized spacial score (nSPS) is 30.5. The Kier molecular flexibility index (Phi) is 3.66. The molecular weight excluding hydrogens is 287 g/mol. The molecule has 0 amide bonds. The highest BCUT2D eigenvalue weighted by Gasteiger charge is 2.23. The van der Waals surface area contributed by atoms with Gasteiger partial charge >= 0.3 is 0 Å². The van der Waals surface area contributed by atoms with Gasteiger partial charge in [0.1, 0.15) is 0 Å². The third kappa shape index (κ3) is 2.40. The summed E-state index contributed by atoms with van der Waals surface area (Å²) >= 11 is 2.39. The minimum absolute atomic E-state index is 0.251. The van der Waals surface area contributed by atoms with Crippen molar-refractivity contribution in [2.24, 2.45) is 0 Å². The number of rotatable bonds is 2. The van der Waals surface area contributed by atoms with Gasteiger partial charge < -0.3 is 4.74 Å². The second-order valence-corrected chi connectivity index (χ2v) is 4.46. The van der Waals surface area contributed by atoms with Gasteiger partial charge in [0.25, 0.3) is 0 Å². The number of hydrogen-bond acceptors (Lipinski definition) is 1. The molecule has 0 aromatic carbocycles. The molecule has 2 heteroatoms. The van der Waals surface area contributed by atoms with Crippen LogP contribution in [-0.4, -0.2) is 16.6 Å². The summed E-state index contributed by atoms with van der Waals surface area (Å²) in [4.78, 5) is 0. The SMILES string of the molecule is IC[C@H]1CCC[C@@H](C2=C=C=CC=C2)O1. The first-order valence-electron chi connectivity index (χ1n) is 5.00. The van der Waals surface area contributed by atoms with Crippen LogP contribution in [0, 0.1) is 0 Å². The molecule has 0 radical (unpaired) electrons. The average Bonchev–Trinajstić information content (AvgIpc) is 2.30. The maximum absolute atomic E-state index is 5.96. The highest BCUT2D eigenvalue weighted by molar-refractivity contribution is 14.1. The lowest BCUT2D eigenvalue weighted by atomic mass is 9.98. The van der Waals surface area contributed by atoms with Gasteiger partial charge in [0.05, 0.1) is 12.2 Å². The van der Waals surface area contributed by atoms with Gasteiger partial charge in [-0.3, -0.25) is 0 Å². The third-order valence-corrected chi connectivity index (χ3v) is 3.52. The predicted molar refractivity (Wildman–Crippen MR) is 65.6 cm³/mol. The molecule has 1 aliphatic carbocycles. The smallest absolute Gasteiger partial charge is 0.0907 e. The van der Waals surface area contributed by atoms with E-state index in [0.29, 0.717) is 6.10 Å². The molecule has 2 aliphatic rings. The van der Waals surface area contributed by atoms with E-state index < -0.39 is 0 Å². The van der Waals surface area contributed by atoms with Crippen molar-refractivity contribution in [2.75, 3.05) is 4.43 Å². The van der Waals surface area contributed by atoms with Crippen molar-refractivity contribution in [1.29, 1.82) is 0 Å². The number of ether oxygens (including phenoxy) is 1. The Morgan fingerprint density at radius 3 is 3.14 bits per heavy atom. The van der Waals surface area contributed by atoms with Gasteiger partial charge in [-0.1, -0.05) is 40.1 Å². The molecule has 0 aromatic heterocycles. The van der Waals surface area contributed by atoms with E-state index in [-0.39, 0.29) is 6.10 Å². The summed E-state index contributed by atoms with van der Waals surface area (Å²) in [6.45, 7) is 0. The fraction of sp³-hybridized carbons (Fsp3) is 0.500. The summed E-state index contributed by atoms with van der Waals surface area (Å²) in [5.41, 5.74) is 7.27. The van der Waals surface area contributed by atoms with Crippen molar-refractivity contribution in [1.82, 2.24) is 0 Å². The molecular formula is C12H13IO. The molecule has 2 rings (SSSR count). The summed E-state index contributed by atoms with van der Waals surface area (Å²) in [5.74, 6) is 0. The monoisotopic (exact) mass is 300 g/mol. The minimum Gasteiger partial charge on any atom is -0.369 e. The molecule has 0 saturated carbocycles. The van der Waals surface area contributed by atoms with Crippen LogP contribution in [0.1, 0.15) is 19.3 Å². The van der Waals surface area contributed by atoms with Crippen LogP contribution in [0.15, 0.2) is 35.3 Å². The first-order valence-corrected chi connectivity index (χ1v) is 6.52. The molecule has 1 fully saturated rings. The minimum atomic E-state index is 0.251. The lowest BCUT2D eigenvalue weighted by molar-refractivity contribution is -0.0140. The zero-order valence-electron chi connectivity index (χ0n) is 8.00. The molecule has 0 spiro atoms. The Morgan fingerprint density at radius 2 is 2.43 bits per heavy atom. The quantitative estimate of drug-likeness (QED) is 0.432. The summed E-state index contributed by atoms with van der Waals surface area (Å²) in [7, 11) is 0. The Labute approximate surface area is 98.4 Å². The molecule has 0 N–H and O–H groups in total. The largest absolute Gasteiger partial charge is 0.369 e. The van der Waals surface area contributed by atoms with Gasteiger partial charge in [-0.05, 0) is 31.4 Å². The molecule has 74 valence electrons. The van der Waals surface area contributed by atoms with Gasteiger partial charge in [-0.2, -0.15) is 0 Å². The average molecular weight is 300 g/mol. The van der Waals surface area contributed by atoms with Gasteiger partial charge in [0.15, 0.2) is 0 Å². The van der Waals surface area contributed by atoms with Crippen molar-refractivity contribution >= 4 is 22.6 Å². The lowest BCUT2D eigenvalue weighted by Gasteiger charge is -2.29. The highest BCUT2D eigenvalue weighted by atomic mass is 127.